The molecule has 0 saturated heterocycles. The summed E-state index contributed by atoms with van der Waals surface area (Å²) in [6.45, 7) is 9.12. The second-order valence-electron chi connectivity index (χ2n) is 17.8. The summed E-state index contributed by atoms with van der Waals surface area (Å²) in [5.74, 6) is 0. The molecule has 0 unspecified atom stereocenters. The summed E-state index contributed by atoms with van der Waals surface area (Å²) in [5.41, 5.74) is 17.3. The van der Waals surface area contributed by atoms with Gasteiger partial charge in [0, 0.05) is 77.2 Å². The van der Waals surface area contributed by atoms with Crippen LogP contribution in [0, 0.1) is 27.7 Å². The molecule has 0 bridgehead atoms. The van der Waals surface area contributed by atoms with Crippen LogP contribution < -0.4 is 0 Å². The minimum atomic E-state index is 1.16. The summed E-state index contributed by atoms with van der Waals surface area (Å²) in [4.78, 5) is 0. The zero-order valence-corrected chi connectivity index (χ0v) is 36.1. The number of rotatable bonds is 4. The molecule has 0 aliphatic rings. The third-order valence-electron chi connectivity index (χ3n) is 14.7. The van der Waals surface area contributed by atoms with Gasteiger partial charge in [-0.25, -0.2) is 0 Å². The highest BCUT2D eigenvalue weighted by molar-refractivity contribution is 6.33. The zero-order valence-electron chi connectivity index (χ0n) is 36.1. The Morgan fingerprint density at radius 2 is 0.562 bits per heavy atom. The quantitative estimate of drug-likeness (QED) is 0.158. The Bertz CT molecular complexity index is 3880. The average Bonchev–Trinajstić information content (AvgIpc) is 4.02. The van der Waals surface area contributed by atoms with E-state index in [2.05, 4.69) is 228 Å². The maximum absolute atomic E-state index is 2.50. The molecule has 64 heavy (non-hydrogen) atoms. The van der Waals surface area contributed by atoms with Crippen molar-refractivity contribution in [2.45, 2.75) is 27.7 Å². The molecular weight excluding hydrogens is 777 g/mol. The van der Waals surface area contributed by atoms with E-state index < -0.39 is 0 Å². The number of para-hydroxylation sites is 4. The van der Waals surface area contributed by atoms with E-state index in [1.807, 2.05) is 0 Å². The van der Waals surface area contributed by atoms with Crippen molar-refractivity contribution in [2.75, 3.05) is 0 Å². The van der Waals surface area contributed by atoms with Crippen molar-refractivity contribution in [3.63, 3.8) is 0 Å². The summed E-state index contributed by atoms with van der Waals surface area (Å²) < 4.78 is 9.79. The van der Waals surface area contributed by atoms with Crippen LogP contribution in [-0.4, -0.2) is 18.3 Å². The summed E-state index contributed by atoms with van der Waals surface area (Å²) in [6, 6.07) is 67.7. The fourth-order valence-electron chi connectivity index (χ4n) is 11.6. The number of benzene rings is 10. The van der Waals surface area contributed by atoms with Crippen LogP contribution >= 0.6 is 0 Å². The van der Waals surface area contributed by atoms with Crippen molar-refractivity contribution in [2.24, 2.45) is 0 Å². The third kappa shape index (κ3) is 4.56. The first-order valence-corrected chi connectivity index (χ1v) is 22.4. The van der Waals surface area contributed by atoms with Gasteiger partial charge in [-0.05, 0) is 145 Å². The molecule has 4 nitrogen and oxygen atoms in total. The van der Waals surface area contributed by atoms with E-state index in [0.717, 1.165) is 11.4 Å². The van der Waals surface area contributed by atoms with Gasteiger partial charge in [-0.3, -0.25) is 0 Å². The third-order valence-corrected chi connectivity index (χ3v) is 14.7. The summed E-state index contributed by atoms with van der Waals surface area (Å²) in [5, 5.41) is 15.5. The molecule has 14 rings (SSSR count). The highest BCUT2D eigenvalue weighted by Crippen LogP contribution is 2.46. The number of fused-ring (bicyclic) bond motifs is 10. The highest BCUT2D eigenvalue weighted by atomic mass is 15.0. The Morgan fingerprint density at radius 3 is 0.891 bits per heavy atom. The van der Waals surface area contributed by atoms with Gasteiger partial charge in [0.1, 0.15) is 0 Å². The second kappa shape index (κ2) is 12.7. The van der Waals surface area contributed by atoms with E-state index in [9.17, 15) is 0 Å². The molecular formula is C60H42N4. The Morgan fingerprint density at radius 1 is 0.266 bits per heavy atom. The lowest BCUT2D eigenvalue weighted by molar-refractivity contribution is 1.04. The Labute approximate surface area is 369 Å². The van der Waals surface area contributed by atoms with Gasteiger partial charge in [0.2, 0.25) is 0 Å². The fourth-order valence-corrected chi connectivity index (χ4v) is 11.6. The average molecular weight is 819 g/mol. The number of aromatic nitrogens is 4. The van der Waals surface area contributed by atoms with Crippen molar-refractivity contribution < 1.29 is 0 Å². The van der Waals surface area contributed by atoms with Crippen LogP contribution in [0.5, 0.6) is 0 Å². The smallest absolute Gasteiger partial charge is 0.0613 e. The van der Waals surface area contributed by atoms with Crippen LogP contribution in [0.25, 0.3) is 120 Å². The van der Waals surface area contributed by atoms with E-state index in [-0.39, 0.29) is 0 Å². The molecule has 10 aromatic carbocycles. The van der Waals surface area contributed by atoms with E-state index in [0.29, 0.717) is 0 Å². The molecule has 0 aliphatic heterocycles. The van der Waals surface area contributed by atoms with Crippen LogP contribution in [0.3, 0.4) is 0 Å². The topological polar surface area (TPSA) is 19.7 Å². The Kier molecular flexibility index (Phi) is 7.07. The summed E-state index contributed by atoms with van der Waals surface area (Å²) in [6.07, 6.45) is 0. The van der Waals surface area contributed by atoms with E-state index in [1.54, 1.807) is 0 Å². The first-order valence-electron chi connectivity index (χ1n) is 22.4. The molecule has 0 aliphatic carbocycles. The van der Waals surface area contributed by atoms with E-state index in [1.165, 1.54) is 132 Å². The van der Waals surface area contributed by atoms with Crippen LogP contribution in [0.2, 0.25) is 0 Å². The number of hydrogen-bond donors (Lipinski definition) is 0. The van der Waals surface area contributed by atoms with E-state index in [4.69, 9.17) is 0 Å². The predicted molar refractivity (Wildman–Crippen MR) is 271 cm³/mol. The molecule has 0 amide bonds. The van der Waals surface area contributed by atoms with Crippen LogP contribution in [-0.2, 0) is 0 Å². The molecule has 0 fully saturated rings. The maximum Gasteiger partial charge on any atom is 0.0613 e. The maximum atomic E-state index is 2.50. The number of nitrogens with zero attached hydrogens (tertiary/aromatic N) is 4. The SMILES string of the molecule is Cc1c(C)n(-c2ccc(-n3c4ccccc4c4ccccc43)cc2)c2c1cc1ccc3c4c(ccc2c14)cc1c(C)c(C)n(-c2ccc(-n4c5ccccc5c5ccccc54)cc2)c13. The minimum Gasteiger partial charge on any atom is -0.313 e. The van der Waals surface area contributed by atoms with Crippen molar-refractivity contribution in [1.82, 2.24) is 18.3 Å². The number of hydrogen-bond acceptors (Lipinski definition) is 0. The lowest BCUT2D eigenvalue weighted by Gasteiger charge is -2.17. The standard InChI is InChI=1S/C60H42N4/c1-35-37(3)61(41-23-27-43(28-24-41)63-53-17-9-5-13-45(53)46-14-6-10-18-54(46)63)59-49-31-22-40-34-52-36(2)38(4)62(60(52)50-32-21-39(33-51(35)59)57(49)58(40)50)42-25-29-44(30-26-42)64-55-19-11-7-15-47(55)48-16-8-12-20-56(48)64/h5-34H,1-4H3. The molecule has 302 valence electrons. The lowest BCUT2D eigenvalue weighted by Crippen LogP contribution is -2.00. The highest BCUT2D eigenvalue weighted by Gasteiger charge is 2.23. The molecule has 0 N–H and O–H groups in total. The molecule has 14 aromatic rings. The normalized spacial score (nSPS) is 12.4. The largest absolute Gasteiger partial charge is 0.313 e. The molecule has 0 atom stereocenters. The van der Waals surface area contributed by atoms with Gasteiger partial charge in [-0.15, -0.1) is 0 Å². The van der Waals surface area contributed by atoms with Crippen LogP contribution in [0.4, 0.5) is 0 Å². The lowest BCUT2D eigenvalue weighted by atomic mass is 9.91. The molecule has 4 heteroatoms. The zero-order chi connectivity index (χ0) is 42.5. The van der Waals surface area contributed by atoms with Crippen LogP contribution in [0.1, 0.15) is 22.5 Å². The van der Waals surface area contributed by atoms with Gasteiger partial charge in [-0.2, -0.15) is 0 Å². The van der Waals surface area contributed by atoms with Crippen molar-refractivity contribution in [1.29, 1.82) is 0 Å². The fraction of sp³-hybridized carbons (Fsp3) is 0.0667. The van der Waals surface area contributed by atoms with Crippen LogP contribution in [0.15, 0.2) is 182 Å². The van der Waals surface area contributed by atoms with Crippen molar-refractivity contribution in [3.05, 3.63) is 205 Å². The van der Waals surface area contributed by atoms with Gasteiger partial charge >= 0.3 is 0 Å². The van der Waals surface area contributed by atoms with Gasteiger partial charge < -0.3 is 18.3 Å². The van der Waals surface area contributed by atoms with Gasteiger partial charge in [0.05, 0.1) is 33.1 Å². The Balaban J connectivity index is 0.956. The van der Waals surface area contributed by atoms with Gasteiger partial charge in [0.15, 0.2) is 0 Å². The second-order valence-corrected chi connectivity index (χ2v) is 17.8. The Hall–Kier alpha value is -8.08. The molecule has 4 aromatic heterocycles. The molecule has 0 spiro atoms. The predicted octanol–water partition coefficient (Wildman–Crippen LogP) is 15.9. The molecule has 0 saturated carbocycles. The summed E-state index contributed by atoms with van der Waals surface area (Å²) >= 11 is 0. The minimum absolute atomic E-state index is 1.16. The van der Waals surface area contributed by atoms with Gasteiger partial charge in [-0.1, -0.05) is 97.1 Å². The first kappa shape index (κ1) is 35.5. The molecule has 4 heterocycles. The monoisotopic (exact) mass is 818 g/mol. The molecule has 0 radical (unpaired) electrons. The summed E-state index contributed by atoms with van der Waals surface area (Å²) in [7, 11) is 0. The first-order chi connectivity index (χ1) is 31.4. The van der Waals surface area contributed by atoms with Crippen molar-refractivity contribution >= 4 is 97.7 Å². The van der Waals surface area contributed by atoms with Gasteiger partial charge in [0.25, 0.3) is 0 Å². The van der Waals surface area contributed by atoms with Crippen molar-refractivity contribution in [3.8, 4) is 22.7 Å². The van der Waals surface area contributed by atoms with E-state index >= 15 is 0 Å². The number of aryl methyl sites for hydroxylation is 2.